The standard InChI is InChI=1S/C19H21ClN6O2S/c1-2-17-21-22-18-6-7-19(23-26(17)18)24-9-13-11-25(12-14(13)10-24)29(27,28)16-5-3-4-15(20)8-16/h3-8,13-14H,2,9-12H2,1H3. The van der Waals surface area contributed by atoms with E-state index in [-0.39, 0.29) is 16.7 Å². The van der Waals surface area contributed by atoms with Crippen molar-refractivity contribution in [2.24, 2.45) is 11.8 Å². The van der Waals surface area contributed by atoms with Crippen molar-refractivity contribution >= 4 is 33.1 Å². The van der Waals surface area contributed by atoms with Gasteiger partial charge in [0.1, 0.15) is 5.82 Å². The summed E-state index contributed by atoms with van der Waals surface area (Å²) in [5, 5.41) is 13.4. The van der Waals surface area contributed by atoms with Crippen LogP contribution in [0, 0.1) is 11.8 Å². The van der Waals surface area contributed by atoms with E-state index in [0.29, 0.717) is 18.1 Å². The second-order valence-electron chi connectivity index (χ2n) is 7.64. The van der Waals surface area contributed by atoms with E-state index in [0.717, 1.165) is 36.8 Å². The average Bonchev–Trinajstić information content (AvgIpc) is 3.40. The number of anilines is 1. The molecular weight excluding hydrogens is 412 g/mol. The molecule has 0 N–H and O–H groups in total. The predicted molar refractivity (Wildman–Crippen MR) is 110 cm³/mol. The summed E-state index contributed by atoms with van der Waals surface area (Å²) in [6.07, 6.45) is 0.763. The van der Waals surface area contributed by atoms with Crippen LogP contribution in [0.1, 0.15) is 12.7 Å². The van der Waals surface area contributed by atoms with Crippen LogP contribution in [-0.2, 0) is 16.4 Å². The fourth-order valence-corrected chi connectivity index (χ4v) is 6.18. The van der Waals surface area contributed by atoms with Crippen LogP contribution in [0.25, 0.3) is 5.65 Å². The molecule has 152 valence electrons. The predicted octanol–water partition coefficient (Wildman–Crippen LogP) is 2.10. The van der Waals surface area contributed by atoms with Gasteiger partial charge in [-0.1, -0.05) is 24.6 Å². The monoisotopic (exact) mass is 432 g/mol. The third kappa shape index (κ3) is 3.17. The van der Waals surface area contributed by atoms with Gasteiger partial charge in [-0.2, -0.15) is 8.82 Å². The molecule has 8 nitrogen and oxygen atoms in total. The van der Waals surface area contributed by atoms with E-state index in [2.05, 4.69) is 15.1 Å². The zero-order valence-electron chi connectivity index (χ0n) is 15.9. The number of hydrogen-bond acceptors (Lipinski definition) is 6. The molecule has 0 amide bonds. The van der Waals surface area contributed by atoms with E-state index in [4.69, 9.17) is 16.7 Å². The van der Waals surface area contributed by atoms with Crippen molar-refractivity contribution in [3.8, 4) is 0 Å². The van der Waals surface area contributed by atoms with E-state index in [1.807, 2.05) is 19.1 Å². The van der Waals surface area contributed by atoms with Crippen LogP contribution >= 0.6 is 11.6 Å². The van der Waals surface area contributed by atoms with Crippen LogP contribution < -0.4 is 4.90 Å². The fraction of sp³-hybridized carbons (Fsp3) is 0.421. The van der Waals surface area contributed by atoms with Crippen LogP contribution in [0.15, 0.2) is 41.3 Å². The Morgan fingerprint density at radius 1 is 1.07 bits per heavy atom. The normalized spacial score (nSPS) is 22.5. The Hall–Kier alpha value is -2.23. The summed E-state index contributed by atoms with van der Waals surface area (Å²) in [4.78, 5) is 2.49. The zero-order valence-corrected chi connectivity index (χ0v) is 17.5. The molecule has 0 radical (unpaired) electrons. The Labute approximate surface area is 174 Å². The molecule has 2 saturated heterocycles. The second kappa shape index (κ2) is 6.93. The van der Waals surface area contributed by atoms with E-state index in [9.17, 15) is 8.42 Å². The number of fused-ring (bicyclic) bond motifs is 2. The quantitative estimate of drug-likeness (QED) is 0.627. The van der Waals surface area contributed by atoms with Gasteiger partial charge >= 0.3 is 0 Å². The van der Waals surface area contributed by atoms with Gasteiger partial charge in [0.2, 0.25) is 10.0 Å². The maximum atomic E-state index is 13.0. The molecule has 0 spiro atoms. The molecule has 5 rings (SSSR count). The molecule has 29 heavy (non-hydrogen) atoms. The molecule has 3 aromatic rings. The first-order chi connectivity index (χ1) is 14.0. The number of halogens is 1. The van der Waals surface area contributed by atoms with Crippen molar-refractivity contribution in [2.45, 2.75) is 18.2 Å². The van der Waals surface area contributed by atoms with Crippen molar-refractivity contribution < 1.29 is 8.42 Å². The molecule has 10 heteroatoms. The maximum absolute atomic E-state index is 13.0. The Bertz CT molecular complexity index is 1170. The first-order valence-electron chi connectivity index (χ1n) is 9.67. The molecular formula is C19H21ClN6O2S. The lowest BCUT2D eigenvalue weighted by molar-refractivity contribution is 0.453. The lowest BCUT2D eigenvalue weighted by atomic mass is 10.0. The summed E-state index contributed by atoms with van der Waals surface area (Å²) in [6, 6.07) is 10.4. The smallest absolute Gasteiger partial charge is 0.243 e. The highest BCUT2D eigenvalue weighted by Crippen LogP contribution is 2.36. The molecule has 2 aliphatic rings. The van der Waals surface area contributed by atoms with Gasteiger partial charge < -0.3 is 4.90 Å². The van der Waals surface area contributed by atoms with Crippen LogP contribution in [-0.4, -0.2) is 58.7 Å². The van der Waals surface area contributed by atoms with Crippen molar-refractivity contribution in [3.63, 3.8) is 0 Å². The fourth-order valence-electron chi connectivity index (χ4n) is 4.32. The molecule has 2 aromatic heterocycles. The lowest BCUT2D eigenvalue weighted by Gasteiger charge is -2.22. The van der Waals surface area contributed by atoms with E-state index in [1.54, 1.807) is 27.0 Å². The van der Waals surface area contributed by atoms with Gasteiger partial charge in [-0.3, -0.25) is 0 Å². The first kappa shape index (κ1) is 18.8. The number of hydrogen-bond donors (Lipinski definition) is 0. The Balaban J connectivity index is 1.33. The summed E-state index contributed by atoms with van der Waals surface area (Å²) >= 11 is 5.99. The molecule has 2 atom stereocenters. The van der Waals surface area contributed by atoms with Crippen LogP contribution in [0.3, 0.4) is 0 Å². The van der Waals surface area contributed by atoms with Gasteiger partial charge in [0, 0.05) is 37.6 Å². The summed E-state index contributed by atoms with van der Waals surface area (Å²) in [7, 11) is -3.52. The van der Waals surface area contributed by atoms with Crippen molar-refractivity contribution in [1.82, 2.24) is 24.1 Å². The number of benzene rings is 1. The van der Waals surface area contributed by atoms with Crippen molar-refractivity contribution in [2.75, 3.05) is 31.1 Å². The van der Waals surface area contributed by atoms with E-state index in [1.165, 1.54) is 6.07 Å². The minimum absolute atomic E-state index is 0.258. The number of aromatic nitrogens is 4. The highest BCUT2D eigenvalue weighted by molar-refractivity contribution is 7.89. The van der Waals surface area contributed by atoms with Gasteiger partial charge in [0.05, 0.1) is 4.90 Å². The number of sulfonamides is 1. The molecule has 0 bridgehead atoms. The van der Waals surface area contributed by atoms with Crippen LogP contribution in [0.2, 0.25) is 5.02 Å². The Morgan fingerprint density at radius 3 is 2.52 bits per heavy atom. The van der Waals surface area contributed by atoms with Crippen LogP contribution in [0.4, 0.5) is 5.82 Å². The first-order valence-corrected chi connectivity index (χ1v) is 11.5. The highest BCUT2D eigenvalue weighted by Gasteiger charge is 2.44. The van der Waals surface area contributed by atoms with E-state index < -0.39 is 10.0 Å². The molecule has 2 unspecified atom stereocenters. The molecule has 0 saturated carbocycles. The van der Waals surface area contributed by atoms with E-state index >= 15 is 0 Å². The molecule has 2 aliphatic heterocycles. The number of rotatable bonds is 4. The third-order valence-corrected chi connectivity index (χ3v) is 7.90. The molecule has 4 heterocycles. The van der Waals surface area contributed by atoms with Gasteiger partial charge in [0.15, 0.2) is 11.5 Å². The molecule has 1 aromatic carbocycles. The summed E-state index contributed by atoms with van der Waals surface area (Å²) in [5.74, 6) is 2.28. The summed E-state index contributed by atoms with van der Waals surface area (Å²) < 4.78 is 29.3. The SMILES string of the molecule is CCc1nnc2ccc(N3CC4CN(S(=O)(=O)c5cccc(Cl)c5)CC4C3)nn12. The molecule has 2 fully saturated rings. The van der Waals surface area contributed by atoms with Gasteiger partial charge in [-0.25, -0.2) is 8.42 Å². The van der Waals surface area contributed by atoms with Gasteiger partial charge in [-0.05, 0) is 42.2 Å². The average molecular weight is 433 g/mol. The number of nitrogens with zero attached hydrogens (tertiary/aromatic N) is 6. The summed E-state index contributed by atoms with van der Waals surface area (Å²) in [5.41, 5.74) is 0.740. The van der Waals surface area contributed by atoms with Crippen molar-refractivity contribution in [3.05, 3.63) is 47.2 Å². The minimum atomic E-state index is -3.52. The molecule has 0 aliphatic carbocycles. The van der Waals surface area contributed by atoms with Gasteiger partial charge in [0.25, 0.3) is 0 Å². The number of aryl methyl sites for hydroxylation is 1. The van der Waals surface area contributed by atoms with Gasteiger partial charge in [-0.15, -0.1) is 15.3 Å². The highest BCUT2D eigenvalue weighted by atomic mass is 35.5. The lowest BCUT2D eigenvalue weighted by Crippen LogP contribution is -2.33. The van der Waals surface area contributed by atoms with Crippen molar-refractivity contribution in [1.29, 1.82) is 0 Å². The second-order valence-corrected chi connectivity index (χ2v) is 10.0. The summed E-state index contributed by atoms with van der Waals surface area (Å²) in [6.45, 7) is 4.64. The maximum Gasteiger partial charge on any atom is 0.243 e. The Morgan fingerprint density at radius 2 is 1.83 bits per heavy atom. The largest absolute Gasteiger partial charge is 0.355 e. The third-order valence-electron chi connectivity index (χ3n) is 5.84. The minimum Gasteiger partial charge on any atom is -0.355 e. The zero-order chi connectivity index (χ0) is 20.2. The topological polar surface area (TPSA) is 83.7 Å². The van der Waals surface area contributed by atoms with Crippen LogP contribution in [0.5, 0.6) is 0 Å². The Kier molecular flexibility index (Phi) is 4.49.